The Kier molecular flexibility index (Phi) is 6.24. The molecule has 0 aliphatic heterocycles. The van der Waals surface area contributed by atoms with Crippen LogP contribution in [0.15, 0.2) is 0 Å². The average molecular weight is 289 g/mol. The third-order valence-electron chi connectivity index (χ3n) is 2.21. The van der Waals surface area contributed by atoms with Gasteiger partial charge in [0.25, 0.3) is 0 Å². The molecule has 4 nitrogen and oxygen atoms in total. The molecule has 0 spiro atoms. The highest BCUT2D eigenvalue weighted by atomic mass is 28.2. The molecule has 0 unspecified atom stereocenters. The summed E-state index contributed by atoms with van der Waals surface area (Å²) in [4.78, 5) is 3.43. The van der Waals surface area contributed by atoms with Crippen molar-refractivity contribution in [1.29, 1.82) is 0 Å². The summed E-state index contributed by atoms with van der Waals surface area (Å²) in [6.07, 6.45) is 0. The summed E-state index contributed by atoms with van der Waals surface area (Å²) >= 11 is 0. The van der Waals surface area contributed by atoms with Gasteiger partial charge in [0, 0.05) is 23.2 Å². The minimum atomic E-state index is -0.323. The van der Waals surface area contributed by atoms with Gasteiger partial charge in [0.05, 0.1) is 10.4 Å². The van der Waals surface area contributed by atoms with Crippen LogP contribution >= 0.6 is 0 Å². The first-order chi connectivity index (χ1) is 8.18. The molecule has 0 aromatic rings. The van der Waals surface area contributed by atoms with E-state index in [2.05, 4.69) is 83.2 Å². The molecule has 0 fully saturated rings. The van der Waals surface area contributed by atoms with Gasteiger partial charge in [-0.05, 0) is 62.3 Å². The zero-order valence-corrected chi connectivity index (χ0v) is 16.7. The SMILES string of the molecule is CC(C)(C)NC(CN[SiH3])(NC(C)(C)C)NC(C)(C)C. The highest BCUT2D eigenvalue weighted by molar-refractivity contribution is 6.04. The molecule has 0 rings (SSSR count). The first kappa shape index (κ1) is 19.1. The second kappa shape index (κ2) is 6.22. The van der Waals surface area contributed by atoms with Gasteiger partial charge in [-0.2, -0.15) is 0 Å². The summed E-state index contributed by atoms with van der Waals surface area (Å²) in [6, 6.07) is 0. The van der Waals surface area contributed by atoms with Crippen LogP contribution in [0.2, 0.25) is 0 Å². The van der Waals surface area contributed by atoms with E-state index in [1.54, 1.807) is 0 Å². The Morgan fingerprint density at radius 2 is 0.895 bits per heavy atom. The molecule has 116 valence electrons. The van der Waals surface area contributed by atoms with Crippen LogP contribution in [0.1, 0.15) is 62.3 Å². The lowest BCUT2D eigenvalue weighted by Gasteiger charge is -2.49. The van der Waals surface area contributed by atoms with Crippen molar-refractivity contribution in [3.05, 3.63) is 0 Å². The van der Waals surface area contributed by atoms with Crippen molar-refractivity contribution in [1.82, 2.24) is 20.9 Å². The maximum absolute atomic E-state index is 3.72. The van der Waals surface area contributed by atoms with Gasteiger partial charge < -0.3 is 4.98 Å². The van der Waals surface area contributed by atoms with Crippen LogP contribution < -0.4 is 20.9 Å². The molecular formula is C14H36N4Si. The van der Waals surface area contributed by atoms with Gasteiger partial charge in [0.1, 0.15) is 5.79 Å². The Bertz CT molecular complexity index is 230. The lowest BCUT2D eigenvalue weighted by molar-refractivity contribution is 0.0873. The second-order valence-electron chi connectivity index (χ2n) is 8.56. The van der Waals surface area contributed by atoms with Crippen LogP contribution in [-0.2, 0) is 0 Å². The Morgan fingerprint density at radius 1 is 0.632 bits per heavy atom. The average Bonchev–Trinajstić information content (AvgIpc) is 1.90. The van der Waals surface area contributed by atoms with E-state index in [4.69, 9.17) is 0 Å². The number of nitrogens with one attached hydrogen (secondary N) is 4. The van der Waals surface area contributed by atoms with Crippen molar-refractivity contribution in [3.8, 4) is 0 Å². The summed E-state index contributed by atoms with van der Waals surface area (Å²) < 4.78 is 0. The van der Waals surface area contributed by atoms with E-state index in [-0.39, 0.29) is 22.4 Å². The summed E-state index contributed by atoms with van der Waals surface area (Å²) in [5.41, 5.74) is 0.0682. The Labute approximate surface area is 123 Å². The molecule has 19 heavy (non-hydrogen) atoms. The number of hydrogen-bond donors (Lipinski definition) is 4. The van der Waals surface area contributed by atoms with Crippen LogP contribution in [-0.4, -0.2) is 39.4 Å². The fourth-order valence-corrected chi connectivity index (χ4v) is 2.94. The minimum absolute atomic E-state index is 0.0227. The van der Waals surface area contributed by atoms with E-state index in [0.29, 0.717) is 0 Å². The predicted octanol–water partition coefficient (Wildman–Crippen LogP) is 0.675. The minimum Gasteiger partial charge on any atom is -0.341 e. The molecule has 0 saturated heterocycles. The monoisotopic (exact) mass is 288 g/mol. The highest BCUT2D eigenvalue weighted by Crippen LogP contribution is 2.15. The fraction of sp³-hybridized carbons (Fsp3) is 1.00. The maximum Gasteiger partial charge on any atom is 0.137 e. The normalized spacial score (nSPS) is 15.0. The zero-order valence-electron chi connectivity index (χ0n) is 14.7. The molecule has 4 N–H and O–H groups in total. The van der Waals surface area contributed by atoms with Gasteiger partial charge in [-0.3, -0.25) is 16.0 Å². The van der Waals surface area contributed by atoms with Crippen LogP contribution in [0.25, 0.3) is 0 Å². The predicted molar refractivity (Wildman–Crippen MR) is 89.3 cm³/mol. The van der Waals surface area contributed by atoms with Crippen molar-refractivity contribution < 1.29 is 0 Å². The van der Waals surface area contributed by atoms with E-state index in [1.165, 1.54) is 0 Å². The van der Waals surface area contributed by atoms with Crippen LogP contribution in [0, 0.1) is 0 Å². The first-order valence-corrected chi connectivity index (χ1v) is 8.21. The quantitative estimate of drug-likeness (QED) is 0.444. The molecule has 0 atom stereocenters. The van der Waals surface area contributed by atoms with E-state index < -0.39 is 0 Å². The molecule has 0 bridgehead atoms. The lowest BCUT2D eigenvalue weighted by Crippen LogP contribution is -2.79. The number of hydrogen-bond acceptors (Lipinski definition) is 4. The van der Waals surface area contributed by atoms with Crippen molar-refractivity contribution in [2.75, 3.05) is 6.54 Å². The Hall–Kier alpha value is 0.0569. The van der Waals surface area contributed by atoms with Crippen molar-refractivity contribution >= 4 is 10.4 Å². The first-order valence-electron chi connectivity index (χ1n) is 7.21. The summed E-state index contributed by atoms with van der Waals surface area (Å²) in [5, 5.41) is 11.2. The van der Waals surface area contributed by atoms with E-state index >= 15 is 0 Å². The highest BCUT2D eigenvalue weighted by Gasteiger charge is 2.38. The van der Waals surface area contributed by atoms with Gasteiger partial charge >= 0.3 is 0 Å². The van der Waals surface area contributed by atoms with E-state index in [1.807, 2.05) is 0 Å². The van der Waals surface area contributed by atoms with Gasteiger partial charge in [-0.15, -0.1) is 0 Å². The lowest BCUT2D eigenvalue weighted by atomic mass is 10.0. The standard InChI is InChI=1S/C14H36N4Si/c1-11(2,3)16-14(10-15-19,17-12(4,5)6)18-13(7,8)9/h15-18H,10H2,1-9,19H3. The van der Waals surface area contributed by atoms with Crippen LogP contribution in [0.5, 0.6) is 0 Å². The van der Waals surface area contributed by atoms with Crippen molar-refractivity contribution in [2.45, 2.75) is 84.7 Å². The van der Waals surface area contributed by atoms with E-state index in [9.17, 15) is 0 Å². The maximum atomic E-state index is 3.72. The molecule has 0 radical (unpaired) electrons. The van der Waals surface area contributed by atoms with Gasteiger partial charge in [0.2, 0.25) is 0 Å². The largest absolute Gasteiger partial charge is 0.341 e. The zero-order chi connectivity index (χ0) is 15.5. The summed E-state index contributed by atoms with van der Waals surface area (Å²) in [7, 11) is 0.974. The molecule has 5 heteroatoms. The molecular weight excluding hydrogens is 252 g/mol. The molecule has 0 aromatic heterocycles. The third-order valence-corrected chi connectivity index (χ3v) is 2.56. The number of rotatable bonds is 5. The Balaban J connectivity index is 5.34. The van der Waals surface area contributed by atoms with Crippen molar-refractivity contribution in [3.63, 3.8) is 0 Å². The van der Waals surface area contributed by atoms with Crippen molar-refractivity contribution in [2.24, 2.45) is 0 Å². The molecule has 0 amide bonds. The third kappa shape index (κ3) is 9.57. The van der Waals surface area contributed by atoms with Crippen LogP contribution in [0.4, 0.5) is 0 Å². The fourth-order valence-electron chi connectivity index (χ4n) is 2.41. The molecule has 0 aliphatic rings. The second-order valence-corrected chi connectivity index (χ2v) is 9.27. The van der Waals surface area contributed by atoms with Gasteiger partial charge in [-0.25, -0.2) is 0 Å². The molecule has 0 heterocycles. The molecule has 0 saturated carbocycles. The van der Waals surface area contributed by atoms with E-state index in [0.717, 1.165) is 16.9 Å². The molecule has 0 aliphatic carbocycles. The molecule has 0 aromatic carbocycles. The summed E-state index contributed by atoms with van der Waals surface area (Å²) in [5.74, 6) is -0.323. The Morgan fingerprint density at radius 3 is 1.05 bits per heavy atom. The topological polar surface area (TPSA) is 48.1 Å². The van der Waals surface area contributed by atoms with Gasteiger partial charge in [-0.1, -0.05) is 0 Å². The smallest absolute Gasteiger partial charge is 0.137 e. The summed E-state index contributed by atoms with van der Waals surface area (Å²) in [6.45, 7) is 20.6. The van der Waals surface area contributed by atoms with Crippen LogP contribution in [0.3, 0.4) is 0 Å². The van der Waals surface area contributed by atoms with Gasteiger partial charge in [0.15, 0.2) is 0 Å².